The molecule has 1 aliphatic heterocycles. The Morgan fingerprint density at radius 2 is 2.12 bits per heavy atom. The van der Waals surface area contributed by atoms with E-state index < -0.39 is 0 Å². The number of nitrogens with one attached hydrogen (secondary N) is 1. The minimum atomic E-state index is -0.0723. The number of likely N-dealkylation sites (tertiary alicyclic amines) is 1. The second kappa shape index (κ2) is 6.99. The highest BCUT2D eigenvalue weighted by molar-refractivity contribution is 5.82. The molecule has 2 atom stereocenters. The quantitative estimate of drug-likeness (QED) is 0.864. The molecule has 1 fully saturated rings. The van der Waals surface area contributed by atoms with E-state index in [1.807, 2.05) is 0 Å². The summed E-state index contributed by atoms with van der Waals surface area (Å²) in [6.45, 7) is 6.07. The molecule has 0 saturated carbocycles. The first-order valence-corrected chi connectivity index (χ1v) is 9.10. The van der Waals surface area contributed by atoms with Crippen LogP contribution in [0.1, 0.15) is 63.1 Å². The fourth-order valence-electron chi connectivity index (χ4n) is 4.22. The summed E-state index contributed by atoms with van der Waals surface area (Å²) in [5.41, 5.74) is 2.82. The summed E-state index contributed by atoms with van der Waals surface area (Å²) in [7, 11) is 0. The number of carbonyl (C=O) groups is 1. The van der Waals surface area contributed by atoms with Gasteiger partial charge in [0.05, 0.1) is 18.6 Å². The Hall–Kier alpha value is -1.79. The Morgan fingerprint density at radius 1 is 1.33 bits per heavy atom. The molecule has 1 saturated heterocycles. The normalized spacial score (nSPS) is 26.2. The molecule has 3 heteroatoms. The van der Waals surface area contributed by atoms with Crippen molar-refractivity contribution in [3.05, 3.63) is 35.4 Å². The number of piperidine rings is 1. The zero-order valence-electron chi connectivity index (χ0n) is 14.8. The third-order valence-electron chi connectivity index (χ3n) is 5.65. The number of amides is 1. The van der Waals surface area contributed by atoms with E-state index in [1.165, 1.54) is 11.1 Å². The highest BCUT2D eigenvalue weighted by atomic mass is 16.2. The largest absolute Gasteiger partial charge is 0.348 e. The van der Waals surface area contributed by atoms with Crippen LogP contribution in [0.2, 0.25) is 0 Å². The molecular weight excluding hydrogens is 296 g/mol. The van der Waals surface area contributed by atoms with Crippen molar-refractivity contribution < 1.29 is 4.79 Å². The van der Waals surface area contributed by atoms with Crippen LogP contribution in [0.5, 0.6) is 0 Å². The van der Waals surface area contributed by atoms with Crippen LogP contribution in [-0.2, 0) is 10.2 Å². The molecule has 2 aliphatic rings. The number of hydrogen-bond acceptors (Lipinski definition) is 2. The first kappa shape index (κ1) is 17.0. The van der Waals surface area contributed by atoms with E-state index in [0.717, 1.165) is 38.6 Å². The van der Waals surface area contributed by atoms with E-state index in [4.69, 9.17) is 6.42 Å². The number of carbonyl (C=O) groups excluding carboxylic acids is 1. The van der Waals surface area contributed by atoms with Crippen LogP contribution in [0, 0.1) is 12.3 Å². The van der Waals surface area contributed by atoms with Crippen LogP contribution in [0.4, 0.5) is 0 Å². The number of fused-ring (bicyclic) bond motifs is 1. The number of nitrogens with zero attached hydrogens (tertiary/aromatic N) is 1. The van der Waals surface area contributed by atoms with Crippen LogP contribution >= 0.6 is 0 Å². The van der Waals surface area contributed by atoms with Crippen molar-refractivity contribution in [2.24, 2.45) is 0 Å². The van der Waals surface area contributed by atoms with E-state index in [9.17, 15) is 4.79 Å². The summed E-state index contributed by atoms with van der Waals surface area (Å²) < 4.78 is 0. The van der Waals surface area contributed by atoms with Gasteiger partial charge in [-0.25, -0.2) is 0 Å². The lowest BCUT2D eigenvalue weighted by Crippen LogP contribution is -2.50. The number of hydrogen-bond donors (Lipinski definition) is 1. The van der Waals surface area contributed by atoms with E-state index in [2.05, 4.69) is 54.3 Å². The standard InChI is InChI=1S/C21H28N2O/c1-4-14-23-15-8-7-11-19(23)20(24)22-18-12-13-21(2,3)17-10-6-5-9-16(17)18/h1,5-6,9-10,18-19H,7-8,11-15H2,2-3H3,(H,22,24). The average molecular weight is 324 g/mol. The van der Waals surface area contributed by atoms with Gasteiger partial charge < -0.3 is 5.32 Å². The van der Waals surface area contributed by atoms with Gasteiger partial charge in [0.1, 0.15) is 0 Å². The molecule has 3 nitrogen and oxygen atoms in total. The summed E-state index contributed by atoms with van der Waals surface area (Å²) in [4.78, 5) is 15.1. The number of benzene rings is 1. The van der Waals surface area contributed by atoms with Crippen LogP contribution in [0.3, 0.4) is 0 Å². The summed E-state index contributed by atoms with van der Waals surface area (Å²) in [6.07, 6.45) is 10.7. The summed E-state index contributed by atoms with van der Waals surface area (Å²) >= 11 is 0. The highest BCUT2D eigenvalue weighted by Crippen LogP contribution is 2.41. The molecule has 3 rings (SSSR count). The van der Waals surface area contributed by atoms with E-state index in [-0.39, 0.29) is 23.4 Å². The Morgan fingerprint density at radius 3 is 2.92 bits per heavy atom. The van der Waals surface area contributed by atoms with E-state index >= 15 is 0 Å². The molecule has 1 amide bonds. The van der Waals surface area contributed by atoms with Gasteiger partial charge >= 0.3 is 0 Å². The molecule has 1 aliphatic carbocycles. The first-order valence-electron chi connectivity index (χ1n) is 9.10. The lowest BCUT2D eigenvalue weighted by molar-refractivity contribution is -0.128. The smallest absolute Gasteiger partial charge is 0.237 e. The molecule has 0 bridgehead atoms. The fourth-order valence-corrected chi connectivity index (χ4v) is 4.22. The second-order valence-electron chi connectivity index (χ2n) is 7.76. The molecular formula is C21H28N2O. The molecule has 128 valence electrons. The Balaban J connectivity index is 1.76. The fraction of sp³-hybridized carbons (Fsp3) is 0.571. The molecule has 0 aromatic heterocycles. The van der Waals surface area contributed by atoms with Gasteiger partial charge in [-0.15, -0.1) is 6.42 Å². The molecule has 0 radical (unpaired) electrons. The predicted molar refractivity (Wildman–Crippen MR) is 97.6 cm³/mol. The minimum Gasteiger partial charge on any atom is -0.348 e. The van der Waals surface area contributed by atoms with Gasteiger partial charge in [0.15, 0.2) is 0 Å². The van der Waals surface area contributed by atoms with E-state index in [0.29, 0.717) is 6.54 Å². The zero-order chi connectivity index (χ0) is 17.2. The molecule has 0 spiro atoms. The topological polar surface area (TPSA) is 32.3 Å². The van der Waals surface area contributed by atoms with Gasteiger partial charge in [0, 0.05) is 0 Å². The molecule has 24 heavy (non-hydrogen) atoms. The number of terminal acetylenes is 1. The maximum Gasteiger partial charge on any atom is 0.237 e. The second-order valence-corrected chi connectivity index (χ2v) is 7.76. The maximum absolute atomic E-state index is 12.9. The van der Waals surface area contributed by atoms with Crippen molar-refractivity contribution in [3.8, 4) is 12.3 Å². The zero-order valence-corrected chi connectivity index (χ0v) is 14.8. The van der Waals surface area contributed by atoms with Crippen molar-refractivity contribution in [2.45, 2.75) is 63.5 Å². The summed E-state index contributed by atoms with van der Waals surface area (Å²) in [6, 6.07) is 8.60. The lowest BCUT2D eigenvalue weighted by atomic mass is 9.71. The first-order chi connectivity index (χ1) is 11.5. The maximum atomic E-state index is 12.9. The van der Waals surface area contributed by atoms with Crippen molar-refractivity contribution in [2.75, 3.05) is 13.1 Å². The van der Waals surface area contributed by atoms with E-state index in [1.54, 1.807) is 0 Å². The predicted octanol–water partition coefficient (Wildman–Crippen LogP) is 3.40. The molecule has 1 aromatic carbocycles. The minimum absolute atomic E-state index is 0.0723. The highest BCUT2D eigenvalue weighted by Gasteiger charge is 2.35. The molecule has 2 unspecified atom stereocenters. The van der Waals surface area contributed by atoms with Crippen molar-refractivity contribution >= 4 is 5.91 Å². The third kappa shape index (κ3) is 3.35. The third-order valence-corrected chi connectivity index (χ3v) is 5.65. The summed E-state index contributed by atoms with van der Waals surface area (Å²) in [5, 5.41) is 3.32. The van der Waals surface area contributed by atoms with Gasteiger partial charge in [-0.3, -0.25) is 9.69 Å². The van der Waals surface area contributed by atoms with Crippen molar-refractivity contribution in [3.63, 3.8) is 0 Å². The van der Waals surface area contributed by atoms with Crippen LogP contribution in [0.25, 0.3) is 0 Å². The summed E-state index contributed by atoms with van der Waals surface area (Å²) in [5.74, 6) is 2.84. The van der Waals surface area contributed by atoms with Crippen LogP contribution in [0.15, 0.2) is 24.3 Å². The van der Waals surface area contributed by atoms with Crippen LogP contribution < -0.4 is 5.32 Å². The van der Waals surface area contributed by atoms with Gasteiger partial charge in [-0.1, -0.05) is 50.5 Å². The average Bonchev–Trinajstić information content (AvgIpc) is 2.58. The van der Waals surface area contributed by atoms with Crippen molar-refractivity contribution in [1.82, 2.24) is 10.2 Å². The Labute approximate surface area is 145 Å². The SMILES string of the molecule is C#CCN1CCCCC1C(=O)NC1CCC(C)(C)c2ccccc21. The van der Waals surface area contributed by atoms with Crippen molar-refractivity contribution in [1.29, 1.82) is 0 Å². The van der Waals surface area contributed by atoms with Gasteiger partial charge in [-0.2, -0.15) is 0 Å². The monoisotopic (exact) mass is 324 g/mol. The Bertz CT molecular complexity index is 643. The molecule has 1 heterocycles. The molecule has 1 aromatic rings. The molecule has 1 N–H and O–H groups in total. The van der Waals surface area contributed by atoms with Crippen LogP contribution in [-0.4, -0.2) is 29.9 Å². The van der Waals surface area contributed by atoms with Gasteiger partial charge in [-0.05, 0) is 48.8 Å². The number of rotatable bonds is 3. The van der Waals surface area contributed by atoms with Gasteiger partial charge in [0.2, 0.25) is 5.91 Å². The van der Waals surface area contributed by atoms with Gasteiger partial charge in [0.25, 0.3) is 0 Å². The lowest BCUT2D eigenvalue weighted by Gasteiger charge is -2.39. The Kier molecular flexibility index (Phi) is 4.96.